The van der Waals surface area contributed by atoms with Crippen molar-refractivity contribution in [1.82, 2.24) is 9.78 Å². The number of aromatic nitrogens is 2. The molecule has 0 amide bonds. The van der Waals surface area contributed by atoms with E-state index in [9.17, 15) is 8.78 Å². The Hall–Kier alpha value is -1.75. The summed E-state index contributed by atoms with van der Waals surface area (Å²) in [6, 6.07) is 5.60. The van der Waals surface area contributed by atoms with Gasteiger partial charge in [0, 0.05) is 12.7 Å². The first-order valence-electron chi connectivity index (χ1n) is 4.41. The maximum absolute atomic E-state index is 13.3. The van der Waals surface area contributed by atoms with Crippen molar-refractivity contribution in [3.8, 4) is 5.69 Å². The fourth-order valence-corrected chi connectivity index (χ4v) is 1.27. The minimum Gasteiger partial charge on any atom is -0.325 e. The molecule has 15 heavy (non-hydrogen) atoms. The van der Waals surface area contributed by atoms with Crippen molar-refractivity contribution in [2.75, 3.05) is 0 Å². The highest BCUT2D eigenvalue weighted by Gasteiger charge is 2.09. The molecule has 1 aromatic carbocycles. The van der Waals surface area contributed by atoms with Crippen molar-refractivity contribution in [3.63, 3.8) is 0 Å². The monoisotopic (exact) mass is 209 g/mol. The highest BCUT2D eigenvalue weighted by Crippen LogP contribution is 2.15. The van der Waals surface area contributed by atoms with Crippen molar-refractivity contribution in [2.45, 2.75) is 6.54 Å². The van der Waals surface area contributed by atoms with Gasteiger partial charge in [0.1, 0.15) is 5.69 Å². The van der Waals surface area contributed by atoms with Gasteiger partial charge in [0.2, 0.25) is 0 Å². The van der Waals surface area contributed by atoms with Gasteiger partial charge in [-0.05, 0) is 18.2 Å². The van der Waals surface area contributed by atoms with E-state index in [-0.39, 0.29) is 12.2 Å². The standard InChI is InChI=1S/C10H9F2N3/c11-8-2-1-3-9(10(8)12)15-5-4-7(6-13)14-15/h1-5H,6,13H2. The molecule has 1 aromatic heterocycles. The molecule has 0 radical (unpaired) electrons. The summed E-state index contributed by atoms with van der Waals surface area (Å²) in [5.41, 5.74) is 6.07. The van der Waals surface area contributed by atoms with Gasteiger partial charge in [0.25, 0.3) is 0 Å². The molecule has 0 saturated carbocycles. The van der Waals surface area contributed by atoms with Gasteiger partial charge < -0.3 is 5.73 Å². The molecule has 0 saturated heterocycles. The summed E-state index contributed by atoms with van der Waals surface area (Å²) in [4.78, 5) is 0. The number of benzene rings is 1. The molecule has 0 aliphatic carbocycles. The zero-order valence-corrected chi connectivity index (χ0v) is 7.82. The molecule has 0 atom stereocenters. The molecule has 0 bridgehead atoms. The van der Waals surface area contributed by atoms with E-state index in [0.717, 1.165) is 6.07 Å². The molecule has 0 aliphatic rings. The third kappa shape index (κ3) is 1.73. The van der Waals surface area contributed by atoms with Crippen LogP contribution in [-0.2, 0) is 6.54 Å². The van der Waals surface area contributed by atoms with Gasteiger partial charge in [-0.2, -0.15) is 5.10 Å². The highest BCUT2D eigenvalue weighted by atomic mass is 19.2. The van der Waals surface area contributed by atoms with Crippen molar-refractivity contribution in [1.29, 1.82) is 0 Å². The van der Waals surface area contributed by atoms with Crippen LogP contribution < -0.4 is 5.73 Å². The van der Waals surface area contributed by atoms with E-state index in [1.54, 1.807) is 12.3 Å². The van der Waals surface area contributed by atoms with Crippen LogP contribution in [0.4, 0.5) is 8.78 Å². The summed E-state index contributed by atoms with van der Waals surface area (Å²) in [7, 11) is 0. The smallest absolute Gasteiger partial charge is 0.184 e. The van der Waals surface area contributed by atoms with E-state index in [1.807, 2.05) is 0 Å². The molecule has 0 fully saturated rings. The summed E-state index contributed by atoms with van der Waals surface area (Å²) in [6.45, 7) is 0.268. The lowest BCUT2D eigenvalue weighted by Crippen LogP contribution is -2.03. The zero-order chi connectivity index (χ0) is 10.8. The minimum atomic E-state index is -0.913. The lowest BCUT2D eigenvalue weighted by molar-refractivity contribution is 0.501. The molecule has 0 spiro atoms. The van der Waals surface area contributed by atoms with E-state index in [4.69, 9.17) is 5.73 Å². The number of hydrogen-bond acceptors (Lipinski definition) is 2. The second-order valence-corrected chi connectivity index (χ2v) is 3.03. The van der Waals surface area contributed by atoms with Crippen LogP contribution in [0.2, 0.25) is 0 Å². The molecular formula is C10H9F2N3. The lowest BCUT2D eigenvalue weighted by atomic mass is 10.3. The van der Waals surface area contributed by atoms with E-state index in [0.29, 0.717) is 5.69 Å². The SMILES string of the molecule is NCc1ccn(-c2cccc(F)c2F)n1. The summed E-state index contributed by atoms with van der Waals surface area (Å²) in [5.74, 6) is -1.80. The van der Waals surface area contributed by atoms with Gasteiger partial charge in [-0.25, -0.2) is 13.5 Å². The van der Waals surface area contributed by atoms with Gasteiger partial charge in [0.15, 0.2) is 11.6 Å². The Kier molecular flexibility index (Phi) is 2.47. The normalized spacial score (nSPS) is 10.6. The summed E-state index contributed by atoms with van der Waals surface area (Å²) < 4.78 is 27.5. The Labute approximate surface area is 85.1 Å². The molecule has 78 valence electrons. The van der Waals surface area contributed by atoms with Crippen molar-refractivity contribution < 1.29 is 8.78 Å². The number of rotatable bonds is 2. The van der Waals surface area contributed by atoms with E-state index < -0.39 is 11.6 Å². The third-order valence-electron chi connectivity index (χ3n) is 2.03. The van der Waals surface area contributed by atoms with Gasteiger partial charge in [0.05, 0.1) is 5.69 Å². The number of hydrogen-bond donors (Lipinski definition) is 1. The molecule has 2 N–H and O–H groups in total. The zero-order valence-electron chi connectivity index (χ0n) is 7.82. The van der Waals surface area contributed by atoms with Crippen molar-refractivity contribution in [3.05, 3.63) is 47.8 Å². The number of halogens is 2. The van der Waals surface area contributed by atoms with Crippen LogP contribution in [0.5, 0.6) is 0 Å². The Balaban J connectivity index is 2.49. The van der Waals surface area contributed by atoms with Crippen LogP contribution in [0, 0.1) is 11.6 Å². The Bertz CT molecular complexity index is 479. The van der Waals surface area contributed by atoms with Gasteiger partial charge >= 0.3 is 0 Å². The average molecular weight is 209 g/mol. The lowest BCUT2D eigenvalue weighted by Gasteiger charge is -2.02. The van der Waals surface area contributed by atoms with Crippen molar-refractivity contribution in [2.24, 2.45) is 5.73 Å². The second kappa shape index (κ2) is 3.78. The summed E-state index contributed by atoms with van der Waals surface area (Å²) in [6.07, 6.45) is 1.54. The van der Waals surface area contributed by atoms with E-state index in [1.165, 1.54) is 16.8 Å². The Morgan fingerprint density at radius 3 is 2.73 bits per heavy atom. The molecule has 1 heterocycles. The minimum absolute atomic E-state index is 0.0784. The molecule has 0 aliphatic heterocycles. The Morgan fingerprint density at radius 2 is 2.07 bits per heavy atom. The van der Waals surface area contributed by atoms with Crippen LogP contribution in [0.3, 0.4) is 0 Å². The van der Waals surface area contributed by atoms with Crippen LogP contribution in [0.25, 0.3) is 5.69 Å². The molecule has 3 nitrogen and oxygen atoms in total. The van der Waals surface area contributed by atoms with Crippen LogP contribution in [0.15, 0.2) is 30.5 Å². The molecular weight excluding hydrogens is 200 g/mol. The fourth-order valence-electron chi connectivity index (χ4n) is 1.27. The summed E-state index contributed by atoms with van der Waals surface area (Å²) in [5, 5.41) is 3.99. The van der Waals surface area contributed by atoms with Crippen molar-refractivity contribution >= 4 is 0 Å². The first-order valence-corrected chi connectivity index (χ1v) is 4.41. The first kappa shape index (κ1) is 9.79. The predicted molar refractivity (Wildman–Crippen MR) is 51.4 cm³/mol. The molecule has 2 aromatic rings. The molecule has 0 unspecified atom stereocenters. The molecule has 5 heteroatoms. The summed E-state index contributed by atoms with van der Waals surface area (Å²) >= 11 is 0. The molecule has 2 rings (SSSR count). The van der Waals surface area contributed by atoms with E-state index in [2.05, 4.69) is 5.10 Å². The number of nitrogens with two attached hydrogens (primary N) is 1. The van der Waals surface area contributed by atoms with Gasteiger partial charge in [-0.3, -0.25) is 0 Å². The second-order valence-electron chi connectivity index (χ2n) is 3.03. The largest absolute Gasteiger partial charge is 0.325 e. The topological polar surface area (TPSA) is 43.8 Å². The predicted octanol–water partition coefficient (Wildman–Crippen LogP) is 1.61. The first-order chi connectivity index (χ1) is 7.22. The maximum atomic E-state index is 13.3. The van der Waals surface area contributed by atoms with Crippen LogP contribution in [0.1, 0.15) is 5.69 Å². The fraction of sp³-hybridized carbons (Fsp3) is 0.100. The van der Waals surface area contributed by atoms with Gasteiger partial charge in [-0.1, -0.05) is 6.07 Å². The maximum Gasteiger partial charge on any atom is 0.184 e. The van der Waals surface area contributed by atoms with E-state index >= 15 is 0 Å². The quantitative estimate of drug-likeness (QED) is 0.816. The highest BCUT2D eigenvalue weighted by molar-refractivity contribution is 5.33. The van der Waals surface area contributed by atoms with Crippen LogP contribution >= 0.6 is 0 Å². The number of nitrogens with zero attached hydrogens (tertiary/aromatic N) is 2. The Morgan fingerprint density at radius 1 is 1.27 bits per heavy atom. The average Bonchev–Trinajstić information content (AvgIpc) is 2.70. The van der Waals surface area contributed by atoms with Gasteiger partial charge in [-0.15, -0.1) is 0 Å². The van der Waals surface area contributed by atoms with Crippen LogP contribution in [-0.4, -0.2) is 9.78 Å². The third-order valence-corrected chi connectivity index (χ3v) is 2.03.